The molecule has 2 saturated carbocycles. The molecule has 268 valence electrons. The second kappa shape index (κ2) is 13.5. The van der Waals surface area contributed by atoms with Crippen molar-refractivity contribution in [3.05, 3.63) is 70.3 Å². The Labute approximate surface area is 299 Å². The molecule has 0 aromatic heterocycles. The Morgan fingerprint density at radius 2 is 1.98 bits per heavy atom. The van der Waals surface area contributed by atoms with E-state index in [-0.39, 0.29) is 41.1 Å². The van der Waals surface area contributed by atoms with E-state index in [1.807, 2.05) is 25.1 Å². The van der Waals surface area contributed by atoms with Gasteiger partial charge in [0.05, 0.1) is 37.4 Å². The van der Waals surface area contributed by atoms with Crippen LogP contribution >= 0.6 is 11.6 Å². The average molecular weight is 723 g/mol. The van der Waals surface area contributed by atoms with Crippen molar-refractivity contribution in [1.82, 2.24) is 10.0 Å². The number of urea groups is 1. The Morgan fingerprint density at radius 1 is 1.14 bits per heavy atom. The first-order valence-corrected chi connectivity index (χ1v) is 20.2. The van der Waals surface area contributed by atoms with E-state index in [1.54, 1.807) is 13.2 Å². The number of fused-ring (bicyclic) bond motifs is 5. The summed E-state index contributed by atoms with van der Waals surface area (Å²) in [6.45, 7) is 5.22. The van der Waals surface area contributed by atoms with Gasteiger partial charge in [0.2, 0.25) is 0 Å². The minimum atomic E-state index is -3.47. The first kappa shape index (κ1) is 34.0. The van der Waals surface area contributed by atoms with Gasteiger partial charge >= 0.3 is 6.03 Å². The van der Waals surface area contributed by atoms with Gasteiger partial charge in [0.15, 0.2) is 0 Å². The van der Waals surface area contributed by atoms with Gasteiger partial charge in [-0.1, -0.05) is 36.7 Å². The standard InChI is InChI=1S/C38H47ClN4O6S/c1-23-5-3-7-33(47-2)28-11-8-26(28)17-43-21-38(14-4-6-24-15-27(39)10-12-31(24)38)22-49-34-13-9-25(16-32(34)43)36(44)41-50(46,20-23)42-37(45)40-35-29-18-48-19-30(29)35/h3,7,9-10,12-13,15-16,23,26,28-30,33,35H,4-6,8,11,14,17-22H2,1-2H3,(H2,40,41,42,44,45,46)/b7-3+/t23-,26-,28+,29-,30+,33-,35?,38-,50?/m0/s1. The van der Waals surface area contributed by atoms with Crippen LogP contribution in [-0.4, -0.2) is 74.1 Å². The number of aryl methyl sites for hydroxylation is 1. The molecule has 3 fully saturated rings. The molecule has 3 aliphatic heterocycles. The van der Waals surface area contributed by atoms with Crippen molar-refractivity contribution in [1.29, 1.82) is 0 Å². The highest BCUT2D eigenvalue weighted by atomic mass is 35.5. The third-order valence-electron chi connectivity index (χ3n) is 12.0. The van der Waals surface area contributed by atoms with Crippen LogP contribution in [0.5, 0.6) is 5.75 Å². The Hall–Kier alpha value is -3.12. The monoisotopic (exact) mass is 722 g/mol. The lowest BCUT2D eigenvalue weighted by molar-refractivity contribution is 0.0131. The molecule has 6 aliphatic rings. The zero-order chi connectivity index (χ0) is 34.6. The number of amides is 3. The van der Waals surface area contributed by atoms with Gasteiger partial charge in [-0.05, 0) is 97.7 Å². The molecule has 2 aromatic rings. The lowest BCUT2D eigenvalue weighted by atomic mass is 9.68. The van der Waals surface area contributed by atoms with Gasteiger partial charge in [-0.3, -0.25) is 9.52 Å². The highest BCUT2D eigenvalue weighted by molar-refractivity contribution is 7.92. The fourth-order valence-corrected chi connectivity index (χ4v) is 11.2. The number of anilines is 1. The van der Waals surface area contributed by atoms with E-state index >= 15 is 0 Å². The van der Waals surface area contributed by atoms with Crippen molar-refractivity contribution in [2.24, 2.45) is 34.0 Å². The fraction of sp³-hybridized carbons (Fsp3) is 0.579. The zero-order valence-corrected chi connectivity index (χ0v) is 30.3. The lowest BCUT2D eigenvalue weighted by Crippen LogP contribution is -2.49. The van der Waals surface area contributed by atoms with Crippen LogP contribution in [-0.2, 0) is 31.2 Å². The van der Waals surface area contributed by atoms with Crippen LogP contribution in [0.25, 0.3) is 0 Å². The first-order chi connectivity index (χ1) is 24.1. The Balaban J connectivity index is 1.16. The summed E-state index contributed by atoms with van der Waals surface area (Å²) in [6, 6.07) is 11.0. The third kappa shape index (κ3) is 6.55. The summed E-state index contributed by atoms with van der Waals surface area (Å²) in [7, 11) is -1.70. The molecule has 2 N–H and O–H groups in total. The van der Waals surface area contributed by atoms with E-state index in [1.165, 1.54) is 11.1 Å². The molecule has 3 aliphatic carbocycles. The first-order valence-electron chi connectivity index (χ1n) is 18.1. The Bertz CT molecular complexity index is 1820. The van der Waals surface area contributed by atoms with Crippen LogP contribution in [0.2, 0.25) is 5.02 Å². The summed E-state index contributed by atoms with van der Waals surface area (Å²) in [4.78, 5) is 29.5. The van der Waals surface area contributed by atoms with Gasteiger partial charge in [-0.2, -0.15) is 0 Å². The SMILES string of the molecule is CO[C@H]1/C=C/C[C@H](C)CS(=O)(NC(=O)NC2[C@H]3COC[C@@H]23)=NC(=O)c2ccc3c(c2)N(C[C@@H]2CC[C@H]21)C[C@@]1(CCCc2cc(Cl)ccc21)CO3. The number of carbonyl (C=O) groups excluding carboxylic acids is 2. The van der Waals surface area contributed by atoms with Crippen molar-refractivity contribution >= 4 is 39.1 Å². The van der Waals surface area contributed by atoms with E-state index in [0.717, 1.165) is 55.9 Å². The number of carbonyl (C=O) groups is 2. The van der Waals surface area contributed by atoms with Crippen molar-refractivity contribution < 1.29 is 28.0 Å². The molecule has 9 atom stereocenters. The molecular weight excluding hydrogens is 676 g/mol. The molecule has 3 heterocycles. The van der Waals surface area contributed by atoms with Crippen molar-refractivity contribution in [2.75, 3.05) is 50.7 Å². The summed E-state index contributed by atoms with van der Waals surface area (Å²) < 4.78 is 39.5. The fourth-order valence-electron chi connectivity index (χ4n) is 9.15. The van der Waals surface area contributed by atoms with Crippen LogP contribution in [0.4, 0.5) is 10.5 Å². The summed E-state index contributed by atoms with van der Waals surface area (Å²) in [5.41, 5.74) is 3.45. The number of halogens is 1. The maximum Gasteiger partial charge on any atom is 0.327 e. The molecule has 8 rings (SSSR count). The zero-order valence-electron chi connectivity index (χ0n) is 28.8. The normalized spacial score (nSPS) is 36.7. The molecule has 50 heavy (non-hydrogen) atoms. The maximum absolute atomic E-state index is 14.4. The van der Waals surface area contributed by atoms with Gasteiger partial charge in [-0.25, -0.2) is 9.00 Å². The Morgan fingerprint density at radius 3 is 2.76 bits per heavy atom. The van der Waals surface area contributed by atoms with E-state index < -0.39 is 21.9 Å². The highest BCUT2D eigenvalue weighted by Gasteiger charge is 2.55. The van der Waals surface area contributed by atoms with Crippen LogP contribution < -0.4 is 19.7 Å². The van der Waals surface area contributed by atoms with Crippen LogP contribution in [0.3, 0.4) is 0 Å². The highest BCUT2D eigenvalue weighted by Crippen LogP contribution is 2.47. The molecule has 10 nitrogen and oxygen atoms in total. The average Bonchev–Trinajstić information content (AvgIpc) is 3.50. The van der Waals surface area contributed by atoms with Crippen molar-refractivity contribution in [3.8, 4) is 5.75 Å². The van der Waals surface area contributed by atoms with Crippen LogP contribution in [0.1, 0.15) is 60.5 Å². The molecule has 12 heteroatoms. The third-order valence-corrected chi connectivity index (χ3v) is 14.2. The summed E-state index contributed by atoms with van der Waals surface area (Å²) in [5.74, 6) is 1.32. The number of hydrogen-bond donors (Lipinski definition) is 2. The summed E-state index contributed by atoms with van der Waals surface area (Å²) >= 11 is 6.45. The van der Waals surface area contributed by atoms with Crippen molar-refractivity contribution in [2.45, 2.75) is 63.0 Å². The number of hydrogen-bond acceptors (Lipinski definition) is 7. The predicted molar refractivity (Wildman–Crippen MR) is 193 cm³/mol. The second-order valence-corrected chi connectivity index (χ2v) is 17.9. The molecular formula is C38H47ClN4O6S. The quantitative estimate of drug-likeness (QED) is 0.378. The van der Waals surface area contributed by atoms with Crippen LogP contribution in [0.15, 0.2) is 52.9 Å². The lowest BCUT2D eigenvalue weighted by Gasteiger charge is -2.46. The molecule has 3 amide bonds. The molecule has 2 unspecified atom stereocenters. The molecule has 2 aromatic carbocycles. The second-order valence-electron chi connectivity index (χ2n) is 15.4. The minimum Gasteiger partial charge on any atom is -0.490 e. The summed E-state index contributed by atoms with van der Waals surface area (Å²) in [6.07, 6.45) is 9.96. The topological polar surface area (TPSA) is 119 Å². The number of benzene rings is 2. The smallest absolute Gasteiger partial charge is 0.327 e. The van der Waals surface area contributed by atoms with Gasteiger partial charge < -0.3 is 24.4 Å². The van der Waals surface area contributed by atoms with Crippen molar-refractivity contribution in [3.63, 3.8) is 0 Å². The van der Waals surface area contributed by atoms with Gasteiger partial charge in [0, 0.05) is 54.1 Å². The molecule has 0 radical (unpaired) electrons. The number of nitrogens with one attached hydrogen (secondary N) is 2. The van der Waals surface area contributed by atoms with Gasteiger partial charge in [0.1, 0.15) is 15.7 Å². The molecule has 1 saturated heterocycles. The Kier molecular flexibility index (Phi) is 9.15. The number of ether oxygens (including phenoxy) is 3. The molecule has 2 bridgehead atoms. The van der Waals surface area contributed by atoms with E-state index in [2.05, 4.69) is 43.6 Å². The van der Waals surface area contributed by atoms with Crippen LogP contribution in [0, 0.1) is 29.6 Å². The molecule has 1 spiro atoms. The van der Waals surface area contributed by atoms with Gasteiger partial charge in [-0.15, -0.1) is 4.36 Å². The number of rotatable bonds is 3. The number of allylic oxidation sites excluding steroid dienone is 1. The van der Waals surface area contributed by atoms with E-state index in [4.69, 9.17) is 25.8 Å². The predicted octanol–water partition coefficient (Wildman–Crippen LogP) is 5.92. The van der Waals surface area contributed by atoms with E-state index in [0.29, 0.717) is 49.4 Å². The number of nitrogens with zero attached hydrogens (tertiary/aromatic N) is 2. The van der Waals surface area contributed by atoms with E-state index in [9.17, 15) is 13.8 Å². The number of methoxy groups -OCH3 is 1. The van der Waals surface area contributed by atoms with Gasteiger partial charge in [0.25, 0.3) is 5.91 Å². The minimum absolute atomic E-state index is 0.0118. The largest absolute Gasteiger partial charge is 0.490 e. The summed E-state index contributed by atoms with van der Waals surface area (Å²) in [5, 5.41) is 3.69. The maximum atomic E-state index is 14.4.